The fourth-order valence-electron chi connectivity index (χ4n) is 2.93. The largest absolute Gasteiger partial charge is 0.396 e. The maximum Gasteiger partial charge on any atom is 0.227 e. The topological polar surface area (TPSA) is 52.6 Å². The van der Waals surface area contributed by atoms with Crippen molar-refractivity contribution in [2.45, 2.75) is 32.6 Å². The van der Waals surface area contributed by atoms with Crippen molar-refractivity contribution >= 4 is 5.91 Å². The Hall–Kier alpha value is -0.610. The second-order valence-electron chi connectivity index (χ2n) is 6.24. The van der Waals surface area contributed by atoms with Crippen molar-refractivity contribution < 1.29 is 9.90 Å². The summed E-state index contributed by atoms with van der Waals surface area (Å²) in [5.41, 5.74) is -0.258. The minimum atomic E-state index is -0.241. The molecule has 0 aromatic rings. The Kier molecular flexibility index (Phi) is 3.46. The highest BCUT2D eigenvalue weighted by atomic mass is 16.3. The van der Waals surface area contributed by atoms with Crippen molar-refractivity contribution in [1.82, 2.24) is 10.2 Å². The molecule has 0 aromatic carbocycles. The molecule has 1 aliphatic carbocycles. The zero-order valence-electron chi connectivity index (χ0n) is 11.0. The van der Waals surface area contributed by atoms with Gasteiger partial charge in [-0.2, -0.15) is 0 Å². The molecule has 1 saturated carbocycles. The Morgan fingerprint density at radius 2 is 2.12 bits per heavy atom. The molecule has 2 rings (SSSR count). The molecule has 2 aliphatic rings. The highest BCUT2D eigenvalue weighted by molar-refractivity contribution is 5.82. The van der Waals surface area contributed by atoms with Crippen LogP contribution in [0.3, 0.4) is 0 Å². The minimum absolute atomic E-state index is 0.0173. The lowest BCUT2D eigenvalue weighted by molar-refractivity contribution is -0.130. The van der Waals surface area contributed by atoms with Gasteiger partial charge in [0, 0.05) is 18.5 Å². The van der Waals surface area contributed by atoms with E-state index in [1.807, 2.05) is 6.92 Å². The molecule has 4 heteroatoms. The van der Waals surface area contributed by atoms with Crippen molar-refractivity contribution in [1.29, 1.82) is 0 Å². The van der Waals surface area contributed by atoms with Crippen LogP contribution in [0, 0.1) is 10.8 Å². The number of hydrogen-bond acceptors (Lipinski definition) is 3. The van der Waals surface area contributed by atoms with Gasteiger partial charge < -0.3 is 15.3 Å². The van der Waals surface area contributed by atoms with Crippen LogP contribution < -0.4 is 5.32 Å². The van der Waals surface area contributed by atoms with E-state index in [0.717, 1.165) is 32.4 Å². The van der Waals surface area contributed by atoms with Gasteiger partial charge >= 0.3 is 0 Å². The second kappa shape index (κ2) is 4.58. The summed E-state index contributed by atoms with van der Waals surface area (Å²) in [5, 5.41) is 12.4. The summed E-state index contributed by atoms with van der Waals surface area (Å²) in [6.45, 7) is 4.71. The highest BCUT2D eigenvalue weighted by Crippen LogP contribution is 2.40. The van der Waals surface area contributed by atoms with E-state index >= 15 is 0 Å². The molecule has 0 spiro atoms. The fraction of sp³-hybridized carbons (Fsp3) is 0.923. The molecule has 1 heterocycles. The summed E-state index contributed by atoms with van der Waals surface area (Å²) in [4.78, 5) is 14.4. The number of hydrogen-bond donors (Lipinski definition) is 2. The second-order valence-corrected chi connectivity index (χ2v) is 6.24. The van der Waals surface area contributed by atoms with Crippen LogP contribution >= 0.6 is 0 Å². The van der Waals surface area contributed by atoms with Crippen molar-refractivity contribution in [3.05, 3.63) is 0 Å². The zero-order valence-corrected chi connectivity index (χ0v) is 11.0. The monoisotopic (exact) mass is 240 g/mol. The number of aliphatic hydroxyl groups excluding tert-OH is 1. The third-order valence-corrected chi connectivity index (χ3v) is 4.59. The molecule has 1 saturated heterocycles. The van der Waals surface area contributed by atoms with Gasteiger partial charge in [-0.05, 0) is 39.8 Å². The van der Waals surface area contributed by atoms with Gasteiger partial charge in [0.1, 0.15) is 0 Å². The van der Waals surface area contributed by atoms with Gasteiger partial charge in [-0.1, -0.05) is 6.42 Å². The fourth-order valence-corrected chi connectivity index (χ4v) is 2.93. The normalized spacial score (nSPS) is 32.2. The molecule has 0 aromatic heterocycles. The van der Waals surface area contributed by atoms with Gasteiger partial charge in [0.2, 0.25) is 5.91 Å². The highest BCUT2D eigenvalue weighted by Gasteiger charge is 2.41. The smallest absolute Gasteiger partial charge is 0.227 e. The van der Waals surface area contributed by atoms with Crippen LogP contribution in [0.5, 0.6) is 0 Å². The predicted molar refractivity (Wildman–Crippen MR) is 66.6 cm³/mol. The molecule has 2 fully saturated rings. The van der Waals surface area contributed by atoms with Crippen molar-refractivity contribution in [2.75, 3.05) is 33.3 Å². The molecule has 2 N–H and O–H groups in total. The first kappa shape index (κ1) is 12.8. The standard InChI is InChI=1S/C13H24N2O2/c1-12(6-7-15(2)9-12)11(17)14-8-13(10-16)4-3-5-13/h16H,3-10H2,1-2H3,(H,14,17). The number of aliphatic hydroxyl groups is 1. The third-order valence-electron chi connectivity index (χ3n) is 4.59. The molecule has 1 aliphatic heterocycles. The van der Waals surface area contributed by atoms with Crippen LogP contribution in [-0.2, 0) is 4.79 Å². The van der Waals surface area contributed by atoms with E-state index in [0.29, 0.717) is 6.54 Å². The van der Waals surface area contributed by atoms with Gasteiger partial charge in [0.25, 0.3) is 0 Å². The minimum Gasteiger partial charge on any atom is -0.396 e. The average Bonchev–Trinajstić information content (AvgIpc) is 2.59. The Morgan fingerprint density at radius 1 is 1.41 bits per heavy atom. The maximum atomic E-state index is 12.2. The molecule has 1 unspecified atom stereocenters. The van der Waals surface area contributed by atoms with E-state index in [2.05, 4.69) is 17.3 Å². The molecule has 0 bridgehead atoms. The molecule has 98 valence electrons. The zero-order chi connectivity index (χ0) is 12.5. The van der Waals surface area contributed by atoms with Crippen molar-refractivity contribution in [3.8, 4) is 0 Å². The first-order valence-electron chi connectivity index (χ1n) is 6.57. The van der Waals surface area contributed by atoms with E-state index in [9.17, 15) is 9.90 Å². The van der Waals surface area contributed by atoms with E-state index in [1.165, 1.54) is 6.42 Å². The molecule has 1 atom stereocenters. The molecule has 4 nitrogen and oxygen atoms in total. The number of nitrogens with zero attached hydrogens (tertiary/aromatic N) is 1. The van der Waals surface area contributed by atoms with Crippen LogP contribution in [0.15, 0.2) is 0 Å². The first-order chi connectivity index (χ1) is 8.00. The van der Waals surface area contributed by atoms with Crippen LogP contribution in [0.2, 0.25) is 0 Å². The SMILES string of the molecule is CN1CCC(C)(C(=O)NCC2(CO)CCC2)C1. The molecular weight excluding hydrogens is 216 g/mol. The summed E-state index contributed by atoms with van der Waals surface area (Å²) < 4.78 is 0. The summed E-state index contributed by atoms with van der Waals surface area (Å²) in [6.07, 6.45) is 4.19. The average molecular weight is 240 g/mol. The van der Waals surface area contributed by atoms with E-state index in [1.54, 1.807) is 0 Å². The predicted octanol–water partition coefficient (Wildman–Crippen LogP) is 0.607. The lowest BCUT2D eigenvalue weighted by Crippen LogP contribution is -2.49. The van der Waals surface area contributed by atoms with Gasteiger partial charge in [0.15, 0.2) is 0 Å². The van der Waals surface area contributed by atoms with E-state index in [4.69, 9.17) is 0 Å². The van der Waals surface area contributed by atoms with Crippen molar-refractivity contribution in [2.24, 2.45) is 10.8 Å². The third kappa shape index (κ3) is 2.47. The van der Waals surface area contributed by atoms with Gasteiger partial charge in [-0.25, -0.2) is 0 Å². The van der Waals surface area contributed by atoms with Gasteiger partial charge in [0.05, 0.1) is 12.0 Å². The van der Waals surface area contributed by atoms with E-state index in [-0.39, 0.29) is 23.3 Å². The number of nitrogens with one attached hydrogen (secondary N) is 1. The Morgan fingerprint density at radius 3 is 2.53 bits per heavy atom. The van der Waals surface area contributed by atoms with Crippen LogP contribution in [0.4, 0.5) is 0 Å². The Labute approximate surface area is 103 Å². The lowest BCUT2D eigenvalue weighted by Gasteiger charge is -2.41. The Bertz CT molecular complexity index is 296. The molecule has 0 radical (unpaired) electrons. The van der Waals surface area contributed by atoms with Crippen LogP contribution in [0.25, 0.3) is 0 Å². The summed E-state index contributed by atoms with van der Waals surface area (Å²) in [7, 11) is 2.06. The summed E-state index contributed by atoms with van der Waals surface area (Å²) in [5.74, 6) is 0.154. The van der Waals surface area contributed by atoms with Crippen molar-refractivity contribution in [3.63, 3.8) is 0 Å². The maximum absolute atomic E-state index is 12.2. The Balaban J connectivity index is 1.85. The lowest BCUT2D eigenvalue weighted by atomic mass is 9.69. The summed E-state index contributed by atoms with van der Waals surface area (Å²) in [6, 6.07) is 0. The van der Waals surface area contributed by atoms with Gasteiger partial charge in [-0.15, -0.1) is 0 Å². The molecule has 17 heavy (non-hydrogen) atoms. The number of carbonyl (C=O) groups excluding carboxylic acids is 1. The molecule has 1 amide bonds. The number of rotatable bonds is 4. The molecular formula is C13H24N2O2. The number of likely N-dealkylation sites (tertiary alicyclic amines) is 1. The van der Waals surface area contributed by atoms with E-state index < -0.39 is 0 Å². The summed E-state index contributed by atoms with van der Waals surface area (Å²) >= 11 is 0. The van der Waals surface area contributed by atoms with Crippen LogP contribution in [-0.4, -0.2) is 49.2 Å². The number of carbonyl (C=O) groups is 1. The number of amides is 1. The van der Waals surface area contributed by atoms with Crippen LogP contribution in [0.1, 0.15) is 32.6 Å². The quantitative estimate of drug-likeness (QED) is 0.757. The van der Waals surface area contributed by atoms with Gasteiger partial charge in [-0.3, -0.25) is 4.79 Å². The first-order valence-corrected chi connectivity index (χ1v) is 6.57.